The van der Waals surface area contributed by atoms with Crippen LogP contribution in [0.15, 0.2) is 36.7 Å². The van der Waals surface area contributed by atoms with Crippen molar-refractivity contribution in [3.05, 3.63) is 42.4 Å². The summed E-state index contributed by atoms with van der Waals surface area (Å²) in [6.45, 7) is 6.42. The lowest BCUT2D eigenvalue weighted by Crippen LogP contribution is -2.18. The first-order valence-electron chi connectivity index (χ1n) is 7.95. The summed E-state index contributed by atoms with van der Waals surface area (Å²) >= 11 is 0. The van der Waals surface area contributed by atoms with Crippen molar-refractivity contribution >= 4 is 11.5 Å². The van der Waals surface area contributed by atoms with Crippen molar-refractivity contribution in [1.29, 1.82) is 0 Å². The van der Waals surface area contributed by atoms with Gasteiger partial charge in [-0.15, -0.1) is 0 Å². The van der Waals surface area contributed by atoms with Gasteiger partial charge in [0.15, 0.2) is 0 Å². The molecule has 0 amide bonds. The van der Waals surface area contributed by atoms with Gasteiger partial charge < -0.3 is 14.8 Å². The molecule has 0 saturated carbocycles. The molecule has 1 saturated heterocycles. The Morgan fingerprint density at radius 2 is 2.05 bits per heavy atom. The Kier molecular flexibility index (Phi) is 4.43. The average Bonchev–Trinajstić information content (AvgIpc) is 3.18. The molecule has 0 unspecified atom stereocenters. The zero-order valence-electron chi connectivity index (χ0n) is 12.8. The highest BCUT2D eigenvalue weighted by molar-refractivity contribution is 5.49. The molecule has 0 radical (unpaired) electrons. The van der Waals surface area contributed by atoms with E-state index in [9.17, 15) is 0 Å². The molecule has 3 rings (SSSR count). The number of nitrogens with one attached hydrogen (secondary N) is 1. The second kappa shape index (κ2) is 6.66. The van der Waals surface area contributed by atoms with E-state index in [1.54, 1.807) is 0 Å². The SMILES string of the molecule is CCCn1cccc1CNc1ccc(N2CCCC2)nc1. The molecule has 3 heterocycles. The maximum Gasteiger partial charge on any atom is 0.128 e. The van der Waals surface area contributed by atoms with Crippen LogP contribution in [0.3, 0.4) is 0 Å². The van der Waals surface area contributed by atoms with E-state index in [1.807, 2.05) is 6.20 Å². The normalized spacial score (nSPS) is 14.6. The Labute approximate surface area is 126 Å². The van der Waals surface area contributed by atoms with Gasteiger partial charge in [0.05, 0.1) is 18.4 Å². The van der Waals surface area contributed by atoms with Gasteiger partial charge in [-0.1, -0.05) is 6.92 Å². The zero-order valence-corrected chi connectivity index (χ0v) is 12.8. The first-order chi connectivity index (χ1) is 10.4. The summed E-state index contributed by atoms with van der Waals surface area (Å²) < 4.78 is 2.30. The Morgan fingerprint density at radius 1 is 1.19 bits per heavy atom. The second-order valence-electron chi connectivity index (χ2n) is 5.65. The summed E-state index contributed by atoms with van der Waals surface area (Å²) in [5.74, 6) is 1.10. The monoisotopic (exact) mass is 284 g/mol. The third-order valence-electron chi connectivity index (χ3n) is 4.04. The van der Waals surface area contributed by atoms with Crippen LogP contribution >= 0.6 is 0 Å². The molecule has 0 spiro atoms. The molecule has 0 aromatic carbocycles. The van der Waals surface area contributed by atoms with Crippen molar-refractivity contribution in [2.45, 2.75) is 39.3 Å². The Balaban J connectivity index is 1.58. The fourth-order valence-electron chi connectivity index (χ4n) is 2.89. The molecule has 1 aliphatic heterocycles. The standard InChI is InChI=1S/C17H24N4/c1-2-9-20-12-5-6-16(20)14-18-15-7-8-17(19-13-15)21-10-3-4-11-21/h5-8,12-13,18H,2-4,9-11,14H2,1H3. The van der Waals surface area contributed by atoms with Crippen molar-refractivity contribution < 1.29 is 0 Å². The van der Waals surface area contributed by atoms with E-state index in [-0.39, 0.29) is 0 Å². The van der Waals surface area contributed by atoms with Crippen molar-refractivity contribution in [3.63, 3.8) is 0 Å². The van der Waals surface area contributed by atoms with Crippen molar-refractivity contribution in [1.82, 2.24) is 9.55 Å². The van der Waals surface area contributed by atoms with E-state index in [0.29, 0.717) is 0 Å². The number of hydrogen-bond acceptors (Lipinski definition) is 3. The molecule has 1 fully saturated rings. The van der Waals surface area contributed by atoms with Gasteiger partial charge in [-0.3, -0.25) is 0 Å². The van der Waals surface area contributed by atoms with E-state index >= 15 is 0 Å². The molecule has 112 valence electrons. The van der Waals surface area contributed by atoms with Gasteiger partial charge in [0.25, 0.3) is 0 Å². The number of hydrogen-bond donors (Lipinski definition) is 1. The van der Waals surface area contributed by atoms with E-state index in [0.717, 1.165) is 44.1 Å². The van der Waals surface area contributed by atoms with Crippen LogP contribution in [0.25, 0.3) is 0 Å². The number of nitrogens with zero attached hydrogens (tertiary/aromatic N) is 3. The lowest BCUT2D eigenvalue weighted by molar-refractivity contribution is 0.654. The van der Waals surface area contributed by atoms with Crippen LogP contribution in [0.4, 0.5) is 11.5 Å². The van der Waals surface area contributed by atoms with Crippen molar-refractivity contribution in [3.8, 4) is 0 Å². The van der Waals surface area contributed by atoms with E-state index < -0.39 is 0 Å². The highest BCUT2D eigenvalue weighted by atomic mass is 15.2. The molecule has 21 heavy (non-hydrogen) atoms. The summed E-state index contributed by atoms with van der Waals surface area (Å²) in [5.41, 5.74) is 2.41. The predicted molar refractivity (Wildman–Crippen MR) is 87.7 cm³/mol. The molecule has 4 nitrogen and oxygen atoms in total. The van der Waals surface area contributed by atoms with Crippen LogP contribution < -0.4 is 10.2 Å². The van der Waals surface area contributed by atoms with Gasteiger partial charge in [0, 0.05) is 31.5 Å². The minimum Gasteiger partial charge on any atom is -0.378 e. The van der Waals surface area contributed by atoms with Crippen LogP contribution in [0.5, 0.6) is 0 Å². The largest absolute Gasteiger partial charge is 0.378 e. The fraction of sp³-hybridized carbons (Fsp3) is 0.471. The molecule has 0 atom stereocenters. The molecule has 2 aromatic rings. The van der Waals surface area contributed by atoms with Gasteiger partial charge in [-0.25, -0.2) is 4.98 Å². The predicted octanol–water partition coefficient (Wildman–Crippen LogP) is 3.51. The van der Waals surface area contributed by atoms with Crippen LogP contribution in [-0.4, -0.2) is 22.6 Å². The summed E-state index contributed by atoms with van der Waals surface area (Å²) in [4.78, 5) is 6.93. The zero-order chi connectivity index (χ0) is 14.5. The van der Waals surface area contributed by atoms with E-state index in [2.05, 4.69) is 57.2 Å². The van der Waals surface area contributed by atoms with Gasteiger partial charge in [0.2, 0.25) is 0 Å². The average molecular weight is 284 g/mol. The third-order valence-corrected chi connectivity index (χ3v) is 4.04. The smallest absolute Gasteiger partial charge is 0.128 e. The minimum absolute atomic E-state index is 0.845. The fourth-order valence-corrected chi connectivity index (χ4v) is 2.89. The van der Waals surface area contributed by atoms with Crippen LogP contribution in [0.2, 0.25) is 0 Å². The summed E-state index contributed by atoms with van der Waals surface area (Å²) in [6.07, 6.45) is 7.83. The van der Waals surface area contributed by atoms with Crippen LogP contribution in [0, 0.1) is 0 Å². The molecule has 1 N–H and O–H groups in total. The molecule has 1 aliphatic rings. The maximum absolute atomic E-state index is 4.58. The highest BCUT2D eigenvalue weighted by Crippen LogP contribution is 2.19. The van der Waals surface area contributed by atoms with Crippen molar-refractivity contribution in [2.24, 2.45) is 0 Å². The quantitative estimate of drug-likeness (QED) is 0.881. The molecular formula is C17H24N4. The molecular weight excluding hydrogens is 260 g/mol. The number of aromatic nitrogens is 2. The first-order valence-corrected chi connectivity index (χ1v) is 7.95. The Hall–Kier alpha value is -1.97. The van der Waals surface area contributed by atoms with E-state index in [1.165, 1.54) is 18.5 Å². The number of rotatable bonds is 6. The van der Waals surface area contributed by atoms with Gasteiger partial charge in [-0.2, -0.15) is 0 Å². The maximum atomic E-state index is 4.58. The molecule has 2 aromatic heterocycles. The number of anilines is 2. The third kappa shape index (κ3) is 3.38. The Morgan fingerprint density at radius 3 is 2.76 bits per heavy atom. The molecule has 4 heteroatoms. The summed E-state index contributed by atoms with van der Waals surface area (Å²) in [7, 11) is 0. The number of pyridine rings is 1. The lowest BCUT2D eigenvalue weighted by Gasteiger charge is -2.16. The Bertz CT molecular complexity index is 552. The lowest BCUT2D eigenvalue weighted by atomic mass is 10.3. The van der Waals surface area contributed by atoms with Crippen LogP contribution in [0.1, 0.15) is 31.9 Å². The van der Waals surface area contributed by atoms with Gasteiger partial charge in [-0.05, 0) is 43.5 Å². The summed E-state index contributed by atoms with van der Waals surface area (Å²) in [5, 5.41) is 3.46. The van der Waals surface area contributed by atoms with Gasteiger partial charge >= 0.3 is 0 Å². The minimum atomic E-state index is 0.845. The highest BCUT2D eigenvalue weighted by Gasteiger charge is 2.12. The molecule has 0 bridgehead atoms. The van der Waals surface area contributed by atoms with Crippen molar-refractivity contribution in [2.75, 3.05) is 23.3 Å². The molecule has 0 aliphatic carbocycles. The second-order valence-corrected chi connectivity index (χ2v) is 5.65. The first kappa shape index (κ1) is 14.0. The topological polar surface area (TPSA) is 33.1 Å². The van der Waals surface area contributed by atoms with Gasteiger partial charge in [0.1, 0.15) is 5.82 Å². The number of aryl methyl sites for hydroxylation is 1. The van der Waals surface area contributed by atoms with Crippen LogP contribution in [-0.2, 0) is 13.1 Å². The van der Waals surface area contributed by atoms with E-state index in [4.69, 9.17) is 0 Å². The summed E-state index contributed by atoms with van der Waals surface area (Å²) in [6, 6.07) is 8.54.